The zero-order valence-corrected chi connectivity index (χ0v) is 17.4. The maximum atomic E-state index is 9.82. The van der Waals surface area contributed by atoms with Crippen LogP contribution in [0.25, 0.3) is 22.3 Å². The first kappa shape index (κ1) is 19.9. The molecule has 0 aliphatic carbocycles. The van der Waals surface area contributed by atoms with Crippen LogP contribution in [0.3, 0.4) is 0 Å². The minimum Gasteiger partial charge on any atom is -0.496 e. The van der Waals surface area contributed by atoms with Crippen molar-refractivity contribution < 1.29 is 9.47 Å². The minimum atomic E-state index is 0.153. The Morgan fingerprint density at radius 3 is 2.54 bits per heavy atom. The van der Waals surface area contributed by atoms with Crippen LogP contribution in [0.15, 0.2) is 30.5 Å². The number of rotatable bonds is 6. The van der Waals surface area contributed by atoms with Crippen LogP contribution in [0.4, 0.5) is 0 Å². The molecule has 0 amide bonds. The summed E-state index contributed by atoms with van der Waals surface area (Å²) in [5, 5.41) is 9.82. The highest BCUT2D eigenvalue weighted by Crippen LogP contribution is 2.36. The number of nitriles is 1. The number of hydrogen-bond donors (Lipinski definition) is 0. The van der Waals surface area contributed by atoms with Gasteiger partial charge in [-0.2, -0.15) is 5.26 Å². The van der Waals surface area contributed by atoms with Crippen LogP contribution < -0.4 is 4.74 Å². The van der Waals surface area contributed by atoms with Crippen LogP contribution in [0.1, 0.15) is 49.4 Å². The lowest BCUT2D eigenvalue weighted by molar-refractivity contribution is 0.164. The molecule has 3 rings (SSSR count). The molecule has 5 nitrogen and oxygen atoms in total. The molecule has 0 saturated heterocycles. The SMILES string of the molecule is COC[C@@H](C)n1cc(C)c2nc(-c3ccc(C(C)C)cc3OC)c(C#N)cc21. The van der Waals surface area contributed by atoms with Crippen LogP contribution in [0.2, 0.25) is 0 Å². The molecule has 2 heterocycles. The number of ether oxygens (including phenoxy) is 2. The molecule has 0 N–H and O–H groups in total. The van der Waals surface area contributed by atoms with Gasteiger partial charge in [-0.1, -0.05) is 19.9 Å². The maximum absolute atomic E-state index is 9.82. The third-order valence-corrected chi connectivity index (χ3v) is 5.14. The van der Waals surface area contributed by atoms with Crippen LogP contribution in [0.5, 0.6) is 5.75 Å². The van der Waals surface area contributed by atoms with Crippen LogP contribution in [-0.2, 0) is 4.74 Å². The predicted molar refractivity (Wildman–Crippen MR) is 112 cm³/mol. The Balaban J connectivity index is 2.23. The van der Waals surface area contributed by atoms with E-state index < -0.39 is 0 Å². The number of pyridine rings is 1. The Morgan fingerprint density at radius 2 is 1.93 bits per heavy atom. The third kappa shape index (κ3) is 3.48. The Kier molecular flexibility index (Phi) is 5.71. The van der Waals surface area contributed by atoms with Crippen molar-refractivity contribution >= 4 is 11.0 Å². The minimum absolute atomic E-state index is 0.153. The van der Waals surface area contributed by atoms with E-state index in [2.05, 4.69) is 43.7 Å². The molecule has 0 bridgehead atoms. The zero-order valence-electron chi connectivity index (χ0n) is 17.4. The van der Waals surface area contributed by atoms with Gasteiger partial charge in [0.2, 0.25) is 0 Å². The molecule has 146 valence electrons. The molecule has 28 heavy (non-hydrogen) atoms. The van der Waals surface area contributed by atoms with Crippen molar-refractivity contribution in [2.24, 2.45) is 0 Å². The van der Waals surface area contributed by atoms with Gasteiger partial charge in [0.05, 0.1) is 42.0 Å². The number of hydrogen-bond acceptors (Lipinski definition) is 4. The Hall–Kier alpha value is -2.84. The zero-order chi connectivity index (χ0) is 20.4. The Bertz CT molecular complexity index is 1040. The van der Waals surface area contributed by atoms with Crippen LogP contribution >= 0.6 is 0 Å². The summed E-state index contributed by atoms with van der Waals surface area (Å²) in [4.78, 5) is 4.90. The van der Waals surface area contributed by atoms with Crippen molar-refractivity contribution in [1.82, 2.24) is 9.55 Å². The summed E-state index contributed by atoms with van der Waals surface area (Å²) in [6, 6.07) is 10.5. The van der Waals surface area contributed by atoms with Gasteiger partial charge in [-0.15, -0.1) is 0 Å². The highest BCUT2D eigenvalue weighted by molar-refractivity contribution is 5.86. The van der Waals surface area contributed by atoms with Crippen molar-refractivity contribution in [3.8, 4) is 23.1 Å². The first-order chi connectivity index (χ1) is 13.4. The van der Waals surface area contributed by atoms with Gasteiger partial charge in [0.1, 0.15) is 11.8 Å². The Morgan fingerprint density at radius 1 is 1.18 bits per heavy atom. The molecule has 1 atom stereocenters. The summed E-state index contributed by atoms with van der Waals surface area (Å²) in [7, 11) is 3.35. The molecule has 1 aromatic carbocycles. The predicted octanol–water partition coefficient (Wildman–Crippen LogP) is 5.22. The smallest absolute Gasteiger partial charge is 0.128 e. The third-order valence-electron chi connectivity index (χ3n) is 5.14. The first-order valence-corrected chi connectivity index (χ1v) is 9.50. The van der Waals surface area contributed by atoms with Crippen LogP contribution in [0, 0.1) is 18.3 Å². The molecular weight excluding hydrogens is 350 g/mol. The summed E-state index contributed by atoms with van der Waals surface area (Å²) >= 11 is 0. The fraction of sp³-hybridized carbons (Fsp3) is 0.391. The summed E-state index contributed by atoms with van der Waals surface area (Å²) in [6.07, 6.45) is 2.07. The topological polar surface area (TPSA) is 60.1 Å². The molecule has 2 aromatic heterocycles. The van der Waals surface area contributed by atoms with E-state index in [1.54, 1.807) is 14.2 Å². The van der Waals surface area contributed by atoms with Gasteiger partial charge >= 0.3 is 0 Å². The second kappa shape index (κ2) is 8.04. The van der Waals surface area contributed by atoms with E-state index >= 15 is 0 Å². The van der Waals surface area contributed by atoms with Gasteiger partial charge in [0, 0.05) is 18.9 Å². The number of aryl methyl sites for hydroxylation is 1. The van der Waals surface area contributed by atoms with Crippen molar-refractivity contribution in [3.63, 3.8) is 0 Å². The summed E-state index contributed by atoms with van der Waals surface area (Å²) in [5.74, 6) is 1.13. The number of fused-ring (bicyclic) bond motifs is 1. The van der Waals surface area contributed by atoms with Gasteiger partial charge in [-0.25, -0.2) is 4.98 Å². The largest absolute Gasteiger partial charge is 0.496 e. The van der Waals surface area contributed by atoms with Gasteiger partial charge in [0.15, 0.2) is 0 Å². The second-order valence-electron chi connectivity index (χ2n) is 7.50. The molecule has 3 aromatic rings. The van der Waals surface area contributed by atoms with Crippen LogP contribution in [-0.4, -0.2) is 30.4 Å². The number of benzene rings is 1. The molecule has 0 spiro atoms. The van der Waals surface area contributed by atoms with Crippen molar-refractivity contribution in [2.45, 2.75) is 39.7 Å². The van der Waals surface area contributed by atoms with Crippen molar-refractivity contribution in [2.75, 3.05) is 20.8 Å². The second-order valence-corrected chi connectivity index (χ2v) is 7.50. The average molecular weight is 377 g/mol. The highest BCUT2D eigenvalue weighted by atomic mass is 16.5. The van der Waals surface area contributed by atoms with Gasteiger partial charge in [-0.05, 0) is 49.1 Å². The summed E-state index contributed by atoms with van der Waals surface area (Å²) in [5.41, 5.74) is 6.13. The van der Waals surface area contributed by atoms with E-state index in [1.807, 2.05) is 25.1 Å². The quantitative estimate of drug-likeness (QED) is 0.591. The highest BCUT2D eigenvalue weighted by Gasteiger charge is 2.19. The molecule has 0 aliphatic rings. The number of methoxy groups -OCH3 is 2. The lowest BCUT2D eigenvalue weighted by atomic mass is 9.98. The summed E-state index contributed by atoms with van der Waals surface area (Å²) in [6.45, 7) is 9.02. The van der Waals surface area contributed by atoms with E-state index in [0.29, 0.717) is 23.8 Å². The van der Waals surface area contributed by atoms with Gasteiger partial charge in [-0.3, -0.25) is 0 Å². The summed E-state index contributed by atoms with van der Waals surface area (Å²) < 4.78 is 13.1. The van der Waals surface area contributed by atoms with E-state index in [1.165, 1.54) is 5.56 Å². The molecule has 0 aliphatic heterocycles. The number of aromatic nitrogens is 2. The van der Waals surface area contributed by atoms with E-state index in [-0.39, 0.29) is 6.04 Å². The molecular formula is C23H27N3O2. The van der Waals surface area contributed by atoms with E-state index in [4.69, 9.17) is 14.5 Å². The fourth-order valence-electron chi connectivity index (χ4n) is 3.57. The van der Waals surface area contributed by atoms with E-state index in [0.717, 1.165) is 27.9 Å². The lowest BCUT2D eigenvalue weighted by Crippen LogP contribution is -2.10. The first-order valence-electron chi connectivity index (χ1n) is 9.50. The van der Waals surface area contributed by atoms with Gasteiger partial charge in [0.25, 0.3) is 0 Å². The molecule has 0 fully saturated rings. The monoisotopic (exact) mass is 377 g/mol. The molecule has 0 saturated carbocycles. The normalized spacial score (nSPS) is 12.4. The van der Waals surface area contributed by atoms with Crippen molar-refractivity contribution in [1.29, 1.82) is 5.26 Å². The Labute approximate surface area is 166 Å². The average Bonchev–Trinajstić information content (AvgIpc) is 3.02. The lowest BCUT2D eigenvalue weighted by Gasteiger charge is -2.15. The molecule has 0 radical (unpaired) electrons. The van der Waals surface area contributed by atoms with E-state index in [9.17, 15) is 5.26 Å². The maximum Gasteiger partial charge on any atom is 0.128 e. The number of nitrogens with zero attached hydrogens (tertiary/aromatic N) is 3. The van der Waals surface area contributed by atoms with Crippen molar-refractivity contribution in [3.05, 3.63) is 47.2 Å². The fourth-order valence-corrected chi connectivity index (χ4v) is 3.57. The standard InChI is InChI=1S/C23H27N3O2/c1-14(2)17-7-8-19(21(10-17)28-6)23-18(11-24)9-20-22(25-23)15(3)12-26(20)16(4)13-27-5/h7-10,12,14,16H,13H2,1-6H3/t16-/m1/s1. The van der Waals surface area contributed by atoms with Gasteiger partial charge < -0.3 is 14.0 Å². The molecule has 5 heteroatoms. The molecule has 0 unspecified atom stereocenters.